The second-order valence-corrected chi connectivity index (χ2v) is 5.41. The molecule has 0 heterocycles. The Morgan fingerprint density at radius 2 is 1.63 bits per heavy atom. The van der Waals surface area contributed by atoms with Gasteiger partial charge in [-0.25, -0.2) is 4.39 Å². The van der Waals surface area contributed by atoms with Crippen molar-refractivity contribution in [3.05, 3.63) is 35.6 Å². The molecule has 1 aromatic rings. The quantitative estimate of drug-likeness (QED) is 0.779. The van der Waals surface area contributed by atoms with Crippen LogP contribution in [0.2, 0.25) is 0 Å². The van der Waals surface area contributed by atoms with Crippen molar-refractivity contribution in [1.82, 2.24) is 4.90 Å². The highest BCUT2D eigenvalue weighted by atomic mass is 19.1. The SMILES string of the molecule is CCCC(CN)(CCC)N(C)Cc1ccc(F)cc1. The van der Waals surface area contributed by atoms with Gasteiger partial charge in [0.2, 0.25) is 0 Å². The first-order valence-corrected chi connectivity index (χ1v) is 7.23. The summed E-state index contributed by atoms with van der Waals surface area (Å²) in [6.07, 6.45) is 4.47. The number of benzene rings is 1. The van der Waals surface area contributed by atoms with Gasteiger partial charge in [0.05, 0.1) is 0 Å². The third-order valence-corrected chi connectivity index (χ3v) is 3.95. The number of likely N-dealkylation sites (N-methyl/N-ethyl adjacent to an activating group) is 1. The maximum atomic E-state index is 12.9. The first-order valence-electron chi connectivity index (χ1n) is 7.23. The van der Waals surface area contributed by atoms with Gasteiger partial charge < -0.3 is 5.73 Å². The van der Waals surface area contributed by atoms with Crippen molar-refractivity contribution in [1.29, 1.82) is 0 Å². The van der Waals surface area contributed by atoms with Crippen LogP contribution < -0.4 is 5.73 Å². The molecule has 108 valence electrons. The summed E-state index contributed by atoms with van der Waals surface area (Å²) >= 11 is 0. The summed E-state index contributed by atoms with van der Waals surface area (Å²) < 4.78 is 12.9. The maximum Gasteiger partial charge on any atom is 0.123 e. The van der Waals surface area contributed by atoms with Crippen LogP contribution in [0.15, 0.2) is 24.3 Å². The fraction of sp³-hybridized carbons (Fsp3) is 0.625. The Hall–Kier alpha value is -0.930. The summed E-state index contributed by atoms with van der Waals surface area (Å²) in [5.41, 5.74) is 7.26. The van der Waals surface area contributed by atoms with Gasteiger partial charge in [0.1, 0.15) is 5.82 Å². The zero-order valence-corrected chi connectivity index (χ0v) is 12.5. The van der Waals surface area contributed by atoms with Gasteiger partial charge in [0, 0.05) is 18.6 Å². The molecule has 0 aliphatic rings. The lowest BCUT2D eigenvalue weighted by Crippen LogP contribution is -2.51. The van der Waals surface area contributed by atoms with Gasteiger partial charge in [-0.3, -0.25) is 4.90 Å². The molecule has 0 spiro atoms. The summed E-state index contributed by atoms with van der Waals surface area (Å²) in [6, 6.07) is 6.75. The molecule has 1 rings (SSSR count). The third kappa shape index (κ3) is 4.29. The van der Waals surface area contributed by atoms with Gasteiger partial charge in [-0.1, -0.05) is 38.8 Å². The average Bonchev–Trinajstić information content (AvgIpc) is 2.41. The summed E-state index contributed by atoms with van der Waals surface area (Å²) in [4.78, 5) is 2.34. The van der Waals surface area contributed by atoms with Crippen molar-refractivity contribution in [2.24, 2.45) is 5.73 Å². The Balaban J connectivity index is 2.80. The molecule has 0 radical (unpaired) electrons. The van der Waals surface area contributed by atoms with Gasteiger partial charge in [0.25, 0.3) is 0 Å². The van der Waals surface area contributed by atoms with E-state index in [2.05, 4.69) is 25.8 Å². The molecule has 0 saturated heterocycles. The molecule has 0 aliphatic carbocycles. The second kappa shape index (κ2) is 7.61. The number of nitrogens with two attached hydrogens (primary N) is 1. The largest absolute Gasteiger partial charge is 0.329 e. The minimum atomic E-state index is -0.182. The van der Waals surface area contributed by atoms with Gasteiger partial charge in [-0.05, 0) is 37.6 Å². The van der Waals surface area contributed by atoms with Crippen molar-refractivity contribution in [2.75, 3.05) is 13.6 Å². The van der Waals surface area contributed by atoms with E-state index < -0.39 is 0 Å². The fourth-order valence-corrected chi connectivity index (χ4v) is 2.83. The highest BCUT2D eigenvalue weighted by Gasteiger charge is 2.31. The van der Waals surface area contributed by atoms with E-state index in [1.165, 1.54) is 12.1 Å². The van der Waals surface area contributed by atoms with Crippen molar-refractivity contribution >= 4 is 0 Å². The molecule has 3 heteroatoms. The monoisotopic (exact) mass is 266 g/mol. The minimum Gasteiger partial charge on any atom is -0.329 e. The third-order valence-electron chi connectivity index (χ3n) is 3.95. The molecule has 0 unspecified atom stereocenters. The average molecular weight is 266 g/mol. The molecule has 0 bridgehead atoms. The number of halogens is 1. The number of hydrogen-bond acceptors (Lipinski definition) is 2. The zero-order chi connectivity index (χ0) is 14.3. The predicted molar refractivity (Wildman–Crippen MR) is 79.5 cm³/mol. The first kappa shape index (κ1) is 16.1. The molecule has 0 amide bonds. The van der Waals surface area contributed by atoms with E-state index >= 15 is 0 Å². The van der Waals surface area contributed by atoms with E-state index in [9.17, 15) is 4.39 Å². The topological polar surface area (TPSA) is 29.3 Å². The Labute approximate surface area is 116 Å². The highest BCUT2D eigenvalue weighted by Crippen LogP contribution is 2.26. The first-order chi connectivity index (χ1) is 9.07. The number of rotatable bonds is 8. The molecule has 2 nitrogen and oxygen atoms in total. The Kier molecular flexibility index (Phi) is 6.46. The molecule has 0 fully saturated rings. The van der Waals surface area contributed by atoms with E-state index in [1.54, 1.807) is 0 Å². The lowest BCUT2D eigenvalue weighted by Gasteiger charge is -2.41. The molecule has 0 aliphatic heterocycles. The van der Waals surface area contributed by atoms with E-state index in [0.717, 1.165) is 37.8 Å². The lowest BCUT2D eigenvalue weighted by atomic mass is 9.86. The standard InChI is InChI=1S/C16H27FN2/c1-4-10-16(13-18,11-5-2)19(3)12-14-6-8-15(17)9-7-14/h6-9H,4-5,10-13,18H2,1-3H3. The summed E-state index contributed by atoms with van der Waals surface area (Å²) in [6.45, 7) is 5.89. The molecular weight excluding hydrogens is 239 g/mol. The van der Waals surface area contributed by atoms with E-state index in [4.69, 9.17) is 5.73 Å². The molecule has 19 heavy (non-hydrogen) atoms. The maximum absolute atomic E-state index is 12.9. The van der Waals surface area contributed by atoms with E-state index in [0.29, 0.717) is 6.54 Å². The van der Waals surface area contributed by atoms with Crippen LogP contribution in [0.1, 0.15) is 45.1 Å². The molecular formula is C16H27FN2. The fourth-order valence-electron chi connectivity index (χ4n) is 2.83. The number of nitrogens with zero attached hydrogens (tertiary/aromatic N) is 1. The molecule has 0 atom stereocenters. The molecule has 0 aromatic heterocycles. The smallest absolute Gasteiger partial charge is 0.123 e. The molecule has 1 aromatic carbocycles. The number of hydrogen-bond donors (Lipinski definition) is 1. The zero-order valence-electron chi connectivity index (χ0n) is 12.5. The minimum absolute atomic E-state index is 0.0673. The summed E-state index contributed by atoms with van der Waals surface area (Å²) in [7, 11) is 2.13. The van der Waals surface area contributed by atoms with Crippen molar-refractivity contribution in [3.63, 3.8) is 0 Å². The van der Waals surface area contributed by atoms with Crippen LogP contribution in [-0.2, 0) is 6.54 Å². The Morgan fingerprint density at radius 1 is 1.11 bits per heavy atom. The van der Waals surface area contributed by atoms with Crippen LogP contribution in [-0.4, -0.2) is 24.0 Å². The summed E-state index contributed by atoms with van der Waals surface area (Å²) in [5, 5.41) is 0. The lowest BCUT2D eigenvalue weighted by molar-refractivity contribution is 0.0955. The van der Waals surface area contributed by atoms with E-state index in [1.807, 2.05) is 12.1 Å². The molecule has 0 saturated carbocycles. The van der Waals surface area contributed by atoms with Gasteiger partial charge in [-0.15, -0.1) is 0 Å². The van der Waals surface area contributed by atoms with Crippen LogP contribution >= 0.6 is 0 Å². The van der Waals surface area contributed by atoms with Crippen molar-refractivity contribution < 1.29 is 4.39 Å². The van der Waals surface area contributed by atoms with Gasteiger partial charge in [0.15, 0.2) is 0 Å². The van der Waals surface area contributed by atoms with Crippen LogP contribution in [0.4, 0.5) is 4.39 Å². The normalized spacial score (nSPS) is 12.1. The van der Waals surface area contributed by atoms with E-state index in [-0.39, 0.29) is 11.4 Å². The second-order valence-electron chi connectivity index (χ2n) is 5.41. The van der Waals surface area contributed by atoms with Crippen LogP contribution in [0, 0.1) is 5.82 Å². The predicted octanol–water partition coefficient (Wildman–Crippen LogP) is 3.56. The highest BCUT2D eigenvalue weighted by molar-refractivity contribution is 5.16. The summed E-state index contributed by atoms with van der Waals surface area (Å²) in [5.74, 6) is -0.182. The van der Waals surface area contributed by atoms with Crippen LogP contribution in [0.5, 0.6) is 0 Å². The van der Waals surface area contributed by atoms with Crippen molar-refractivity contribution in [2.45, 2.75) is 51.6 Å². The van der Waals surface area contributed by atoms with Gasteiger partial charge >= 0.3 is 0 Å². The Bertz CT molecular complexity index is 356. The Morgan fingerprint density at radius 3 is 2.05 bits per heavy atom. The van der Waals surface area contributed by atoms with Crippen LogP contribution in [0.25, 0.3) is 0 Å². The molecule has 2 N–H and O–H groups in total. The van der Waals surface area contributed by atoms with Gasteiger partial charge in [-0.2, -0.15) is 0 Å². The van der Waals surface area contributed by atoms with Crippen molar-refractivity contribution in [3.8, 4) is 0 Å². The van der Waals surface area contributed by atoms with Crippen LogP contribution in [0.3, 0.4) is 0 Å².